The summed E-state index contributed by atoms with van der Waals surface area (Å²) in [6.07, 6.45) is 0. The first kappa shape index (κ1) is 18.0. The Kier molecular flexibility index (Phi) is 5.80. The third-order valence-electron chi connectivity index (χ3n) is 3.29. The molecule has 1 amide bonds. The van der Waals surface area contributed by atoms with Gasteiger partial charge < -0.3 is 14.6 Å². The van der Waals surface area contributed by atoms with E-state index < -0.39 is 10.0 Å². The van der Waals surface area contributed by atoms with E-state index in [1.54, 1.807) is 4.90 Å². The first-order chi connectivity index (χ1) is 9.34. The van der Waals surface area contributed by atoms with Crippen LogP contribution in [0, 0.1) is 0 Å². The molecule has 2 heterocycles. The molecule has 0 unspecified atom stereocenters. The second-order valence-corrected chi connectivity index (χ2v) is 7.04. The SMILES string of the molecule is C[C@H]1CNCCN1C(=O)c1ccc(S(=O)(=O)N(C)C)o1.Cl. The Hall–Kier alpha value is -1.09. The van der Waals surface area contributed by atoms with Crippen LogP contribution in [0.3, 0.4) is 0 Å². The molecule has 21 heavy (non-hydrogen) atoms. The number of halogens is 1. The van der Waals surface area contributed by atoms with Gasteiger partial charge in [-0.05, 0) is 19.1 Å². The van der Waals surface area contributed by atoms with E-state index in [0.717, 1.165) is 17.4 Å². The van der Waals surface area contributed by atoms with Gasteiger partial charge in [-0.2, -0.15) is 0 Å². The van der Waals surface area contributed by atoms with Crippen LogP contribution in [0.5, 0.6) is 0 Å². The van der Waals surface area contributed by atoms with Gasteiger partial charge >= 0.3 is 0 Å². The van der Waals surface area contributed by atoms with Crippen molar-refractivity contribution in [2.75, 3.05) is 33.7 Å². The molecule has 2 rings (SSSR count). The van der Waals surface area contributed by atoms with Crippen LogP contribution < -0.4 is 5.32 Å². The number of hydrogen-bond donors (Lipinski definition) is 1. The second-order valence-electron chi connectivity index (χ2n) is 4.96. The number of nitrogens with one attached hydrogen (secondary N) is 1. The quantitative estimate of drug-likeness (QED) is 0.862. The molecule has 0 saturated carbocycles. The summed E-state index contributed by atoms with van der Waals surface area (Å²) in [6.45, 7) is 3.95. The average Bonchev–Trinajstić information content (AvgIpc) is 2.88. The van der Waals surface area contributed by atoms with E-state index in [9.17, 15) is 13.2 Å². The summed E-state index contributed by atoms with van der Waals surface area (Å²) in [7, 11) is -0.821. The molecule has 0 bridgehead atoms. The Morgan fingerprint density at radius 3 is 2.67 bits per heavy atom. The van der Waals surface area contributed by atoms with Crippen molar-refractivity contribution in [1.82, 2.24) is 14.5 Å². The average molecular weight is 338 g/mol. The lowest BCUT2D eigenvalue weighted by atomic mass is 10.2. The van der Waals surface area contributed by atoms with Crippen molar-refractivity contribution in [1.29, 1.82) is 0 Å². The molecule has 9 heteroatoms. The monoisotopic (exact) mass is 337 g/mol. The zero-order valence-electron chi connectivity index (χ0n) is 12.2. The molecule has 0 aromatic carbocycles. The van der Waals surface area contributed by atoms with Crippen molar-refractivity contribution in [2.24, 2.45) is 0 Å². The van der Waals surface area contributed by atoms with Crippen LogP contribution in [0.15, 0.2) is 21.6 Å². The standard InChI is InChI=1S/C12H19N3O4S.ClH/c1-9-8-13-6-7-15(9)12(16)10-4-5-11(19-10)20(17,18)14(2)3;/h4-5,9,13H,6-8H2,1-3H3;1H/t9-;/m0./s1. The molecular formula is C12H20ClN3O4S. The number of rotatable bonds is 3. The van der Waals surface area contributed by atoms with E-state index in [4.69, 9.17) is 4.42 Å². The first-order valence-corrected chi connectivity index (χ1v) is 7.82. The fourth-order valence-electron chi connectivity index (χ4n) is 2.04. The van der Waals surface area contributed by atoms with Gasteiger partial charge in [-0.15, -0.1) is 12.4 Å². The molecule has 1 aromatic rings. The lowest BCUT2D eigenvalue weighted by Crippen LogP contribution is -2.52. The Morgan fingerprint density at radius 1 is 1.43 bits per heavy atom. The molecule has 7 nitrogen and oxygen atoms in total. The predicted octanol–water partition coefficient (Wildman–Crippen LogP) is 0.386. The molecule has 1 fully saturated rings. The fraction of sp³-hybridized carbons (Fsp3) is 0.583. The molecule has 0 radical (unpaired) electrons. The summed E-state index contributed by atoms with van der Waals surface area (Å²) < 4.78 is 30.1. The number of carbonyl (C=O) groups is 1. The lowest BCUT2D eigenvalue weighted by molar-refractivity contribution is 0.0617. The first-order valence-electron chi connectivity index (χ1n) is 6.38. The molecular weight excluding hydrogens is 318 g/mol. The maximum atomic E-state index is 12.3. The van der Waals surface area contributed by atoms with E-state index in [-0.39, 0.29) is 35.2 Å². The summed E-state index contributed by atoms with van der Waals surface area (Å²) in [5.74, 6) is -0.224. The van der Waals surface area contributed by atoms with Crippen LogP contribution in [0.2, 0.25) is 0 Å². The minimum absolute atomic E-state index is 0. The van der Waals surface area contributed by atoms with Crippen LogP contribution in [0.4, 0.5) is 0 Å². The number of hydrogen-bond acceptors (Lipinski definition) is 5. The molecule has 120 valence electrons. The van der Waals surface area contributed by atoms with E-state index >= 15 is 0 Å². The number of piperazine rings is 1. The summed E-state index contributed by atoms with van der Waals surface area (Å²) in [5, 5.41) is 2.97. The molecule has 1 saturated heterocycles. The highest BCUT2D eigenvalue weighted by atomic mass is 35.5. The normalized spacial score (nSPS) is 19.4. The van der Waals surface area contributed by atoms with Gasteiger partial charge in [0.25, 0.3) is 15.9 Å². The summed E-state index contributed by atoms with van der Waals surface area (Å²) >= 11 is 0. The van der Waals surface area contributed by atoms with Crippen molar-refractivity contribution in [3.63, 3.8) is 0 Å². The molecule has 1 aliphatic heterocycles. The van der Waals surface area contributed by atoms with Gasteiger partial charge in [-0.3, -0.25) is 4.79 Å². The molecule has 0 spiro atoms. The van der Waals surface area contributed by atoms with Crippen molar-refractivity contribution < 1.29 is 17.6 Å². The fourth-order valence-corrected chi connectivity index (χ4v) is 2.83. The van der Waals surface area contributed by atoms with Crippen LogP contribution in [0.1, 0.15) is 17.5 Å². The van der Waals surface area contributed by atoms with E-state index in [1.165, 1.54) is 26.2 Å². The Bertz CT molecular complexity index is 599. The highest BCUT2D eigenvalue weighted by Crippen LogP contribution is 2.19. The highest BCUT2D eigenvalue weighted by molar-refractivity contribution is 7.88. The van der Waals surface area contributed by atoms with Crippen LogP contribution >= 0.6 is 12.4 Å². The van der Waals surface area contributed by atoms with Gasteiger partial charge in [0.1, 0.15) is 0 Å². The topological polar surface area (TPSA) is 82.9 Å². The smallest absolute Gasteiger partial charge is 0.289 e. The maximum Gasteiger partial charge on any atom is 0.289 e. The number of nitrogens with zero attached hydrogens (tertiary/aromatic N) is 2. The highest BCUT2D eigenvalue weighted by Gasteiger charge is 2.28. The lowest BCUT2D eigenvalue weighted by Gasteiger charge is -2.33. The largest absolute Gasteiger partial charge is 0.438 e. The third-order valence-corrected chi connectivity index (χ3v) is 4.98. The van der Waals surface area contributed by atoms with Crippen molar-refractivity contribution in [3.8, 4) is 0 Å². The van der Waals surface area contributed by atoms with Gasteiger partial charge in [-0.1, -0.05) is 0 Å². The van der Waals surface area contributed by atoms with Gasteiger partial charge in [0.2, 0.25) is 5.09 Å². The number of carbonyl (C=O) groups excluding carboxylic acids is 1. The number of furan rings is 1. The second kappa shape index (κ2) is 6.78. The van der Waals surface area contributed by atoms with E-state index in [2.05, 4.69) is 5.32 Å². The van der Waals surface area contributed by atoms with E-state index in [1.807, 2.05) is 6.92 Å². The molecule has 0 aliphatic carbocycles. The molecule has 1 aromatic heterocycles. The zero-order chi connectivity index (χ0) is 14.9. The summed E-state index contributed by atoms with van der Waals surface area (Å²) in [6, 6.07) is 2.78. The summed E-state index contributed by atoms with van der Waals surface area (Å²) in [4.78, 5) is 14.0. The molecule has 1 atom stereocenters. The Labute approximate surface area is 130 Å². The van der Waals surface area contributed by atoms with Crippen LogP contribution in [-0.4, -0.2) is 63.3 Å². The Balaban J connectivity index is 0.00000220. The van der Waals surface area contributed by atoms with Gasteiger partial charge in [0.15, 0.2) is 5.76 Å². The van der Waals surface area contributed by atoms with Crippen LogP contribution in [0.25, 0.3) is 0 Å². The predicted molar refractivity (Wildman–Crippen MR) is 80.2 cm³/mol. The van der Waals surface area contributed by atoms with Crippen LogP contribution in [-0.2, 0) is 10.0 Å². The third kappa shape index (κ3) is 3.57. The summed E-state index contributed by atoms with van der Waals surface area (Å²) in [5.41, 5.74) is 0. The van der Waals surface area contributed by atoms with Gasteiger partial charge in [0, 0.05) is 39.8 Å². The van der Waals surface area contributed by atoms with Crippen molar-refractivity contribution in [2.45, 2.75) is 18.1 Å². The minimum Gasteiger partial charge on any atom is -0.438 e. The number of amides is 1. The zero-order valence-corrected chi connectivity index (χ0v) is 13.8. The minimum atomic E-state index is -3.65. The van der Waals surface area contributed by atoms with Crippen molar-refractivity contribution in [3.05, 3.63) is 17.9 Å². The van der Waals surface area contributed by atoms with Gasteiger partial charge in [0.05, 0.1) is 0 Å². The molecule has 1 N–H and O–H groups in total. The molecule has 1 aliphatic rings. The van der Waals surface area contributed by atoms with E-state index in [0.29, 0.717) is 6.54 Å². The van der Waals surface area contributed by atoms with Gasteiger partial charge in [-0.25, -0.2) is 12.7 Å². The van der Waals surface area contributed by atoms with Crippen molar-refractivity contribution >= 4 is 28.3 Å². The Morgan fingerprint density at radius 2 is 2.10 bits per heavy atom. The number of sulfonamides is 1. The maximum absolute atomic E-state index is 12.3.